The minimum Gasteiger partial charge on any atom is -0.496 e. The topological polar surface area (TPSA) is 55.4 Å². The Morgan fingerprint density at radius 1 is 1.13 bits per heavy atom. The molecule has 0 bridgehead atoms. The molecule has 23 heavy (non-hydrogen) atoms. The Hall–Kier alpha value is -1.56. The van der Waals surface area contributed by atoms with Crippen molar-refractivity contribution in [2.75, 3.05) is 7.11 Å². The van der Waals surface area contributed by atoms with Crippen LogP contribution in [0.1, 0.15) is 24.0 Å². The summed E-state index contributed by atoms with van der Waals surface area (Å²) >= 11 is 5.91. The van der Waals surface area contributed by atoms with Gasteiger partial charge in [0.25, 0.3) is 0 Å². The van der Waals surface area contributed by atoms with Gasteiger partial charge in [-0.05, 0) is 61.2 Å². The fraction of sp³-hybridized carbons (Fsp3) is 0.294. The lowest BCUT2D eigenvalue weighted by Gasteiger charge is -2.18. The largest absolute Gasteiger partial charge is 0.496 e. The lowest BCUT2D eigenvalue weighted by Crippen LogP contribution is -2.34. The number of rotatable bonds is 5. The summed E-state index contributed by atoms with van der Waals surface area (Å²) in [5, 5.41) is 0.637. The molecule has 1 N–H and O–H groups in total. The quantitative estimate of drug-likeness (QED) is 0.895. The number of aryl methyl sites for hydroxylation is 1. The van der Waals surface area contributed by atoms with Crippen LogP contribution in [0.5, 0.6) is 5.75 Å². The van der Waals surface area contributed by atoms with Gasteiger partial charge in [-0.1, -0.05) is 23.7 Å². The van der Waals surface area contributed by atoms with Crippen molar-refractivity contribution in [2.45, 2.75) is 30.2 Å². The van der Waals surface area contributed by atoms with Gasteiger partial charge in [0.15, 0.2) is 0 Å². The SMILES string of the molecule is COc1ccc(S(=O)(=O)NC2(c3ccc(Cl)cc3)CC2)cc1C. The monoisotopic (exact) mass is 351 g/mol. The maximum absolute atomic E-state index is 12.7. The molecule has 1 aliphatic carbocycles. The Morgan fingerprint density at radius 2 is 1.78 bits per heavy atom. The highest BCUT2D eigenvalue weighted by Crippen LogP contribution is 2.46. The van der Waals surface area contributed by atoms with Crippen molar-refractivity contribution in [1.29, 1.82) is 0 Å². The van der Waals surface area contributed by atoms with E-state index in [1.807, 2.05) is 19.1 Å². The molecule has 3 rings (SSSR count). The third-order valence-corrected chi connectivity index (χ3v) is 5.94. The third kappa shape index (κ3) is 3.22. The maximum atomic E-state index is 12.7. The van der Waals surface area contributed by atoms with Crippen molar-refractivity contribution in [1.82, 2.24) is 4.72 Å². The summed E-state index contributed by atoms with van der Waals surface area (Å²) in [4.78, 5) is 0.246. The van der Waals surface area contributed by atoms with Crippen LogP contribution >= 0.6 is 11.6 Å². The van der Waals surface area contributed by atoms with E-state index in [1.165, 1.54) is 0 Å². The average molecular weight is 352 g/mol. The lowest BCUT2D eigenvalue weighted by molar-refractivity contribution is 0.411. The van der Waals surface area contributed by atoms with Crippen LogP contribution in [0.4, 0.5) is 0 Å². The molecule has 1 aliphatic rings. The van der Waals surface area contributed by atoms with Crippen LogP contribution < -0.4 is 9.46 Å². The van der Waals surface area contributed by atoms with Crippen LogP contribution in [0.3, 0.4) is 0 Å². The van der Waals surface area contributed by atoms with Gasteiger partial charge in [-0.25, -0.2) is 13.1 Å². The average Bonchev–Trinajstić information content (AvgIpc) is 3.27. The Balaban J connectivity index is 1.89. The molecule has 4 nitrogen and oxygen atoms in total. The van der Waals surface area contributed by atoms with E-state index < -0.39 is 15.6 Å². The minimum atomic E-state index is -3.60. The van der Waals surface area contributed by atoms with Crippen LogP contribution in [0.15, 0.2) is 47.4 Å². The zero-order valence-corrected chi connectivity index (χ0v) is 14.5. The molecule has 0 heterocycles. The smallest absolute Gasteiger partial charge is 0.241 e. The molecule has 1 fully saturated rings. The van der Waals surface area contributed by atoms with Gasteiger partial charge in [0.2, 0.25) is 10.0 Å². The molecule has 0 spiro atoms. The first-order chi connectivity index (χ1) is 10.9. The van der Waals surface area contributed by atoms with Crippen molar-refractivity contribution >= 4 is 21.6 Å². The fourth-order valence-corrected chi connectivity index (χ4v) is 4.34. The molecule has 0 atom stereocenters. The van der Waals surface area contributed by atoms with Crippen LogP contribution in [0.2, 0.25) is 5.02 Å². The molecule has 0 unspecified atom stereocenters. The molecule has 6 heteroatoms. The molecule has 2 aromatic carbocycles. The summed E-state index contributed by atoms with van der Waals surface area (Å²) < 4.78 is 33.4. The number of hydrogen-bond donors (Lipinski definition) is 1. The van der Waals surface area contributed by atoms with E-state index in [4.69, 9.17) is 16.3 Å². The van der Waals surface area contributed by atoms with Crippen molar-refractivity contribution in [3.05, 3.63) is 58.6 Å². The van der Waals surface area contributed by atoms with E-state index in [-0.39, 0.29) is 4.90 Å². The fourth-order valence-electron chi connectivity index (χ4n) is 2.68. The van der Waals surface area contributed by atoms with Crippen molar-refractivity contribution in [3.8, 4) is 5.75 Å². The van der Waals surface area contributed by atoms with Gasteiger partial charge >= 0.3 is 0 Å². The summed E-state index contributed by atoms with van der Waals surface area (Å²) in [5.41, 5.74) is 1.21. The summed E-state index contributed by atoms with van der Waals surface area (Å²) in [5.74, 6) is 0.669. The van der Waals surface area contributed by atoms with E-state index in [9.17, 15) is 8.42 Å². The zero-order valence-electron chi connectivity index (χ0n) is 13.0. The Bertz CT molecular complexity index is 827. The molecule has 0 amide bonds. The van der Waals surface area contributed by atoms with Crippen molar-refractivity contribution < 1.29 is 13.2 Å². The molecule has 0 saturated heterocycles. The van der Waals surface area contributed by atoms with E-state index in [2.05, 4.69) is 4.72 Å². The number of nitrogens with one attached hydrogen (secondary N) is 1. The maximum Gasteiger partial charge on any atom is 0.241 e. The highest BCUT2D eigenvalue weighted by molar-refractivity contribution is 7.89. The molecule has 122 valence electrons. The van der Waals surface area contributed by atoms with Gasteiger partial charge in [0.1, 0.15) is 5.75 Å². The summed E-state index contributed by atoms with van der Waals surface area (Å²) in [7, 11) is -2.04. The van der Waals surface area contributed by atoms with E-state index >= 15 is 0 Å². The lowest BCUT2D eigenvalue weighted by atomic mass is 10.1. The third-order valence-electron chi connectivity index (χ3n) is 4.15. The van der Waals surface area contributed by atoms with Crippen LogP contribution in [0, 0.1) is 6.92 Å². The number of hydrogen-bond acceptors (Lipinski definition) is 3. The van der Waals surface area contributed by atoms with Crippen molar-refractivity contribution in [3.63, 3.8) is 0 Å². The van der Waals surface area contributed by atoms with Crippen LogP contribution in [-0.4, -0.2) is 15.5 Å². The first-order valence-electron chi connectivity index (χ1n) is 7.31. The summed E-state index contributed by atoms with van der Waals surface area (Å²) in [6.07, 6.45) is 1.56. The number of sulfonamides is 1. The second-order valence-electron chi connectivity index (χ2n) is 5.83. The molecule has 0 aliphatic heterocycles. The summed E-state index contributed by atoms with van der Waals surface area (Å²) in [6.45, 7) is 1.82. The Kier molecular flexibility index (Phi) is 4.12. The standard InChI is InChI=1S/C17H18ClNO3S/c1-12-11-15(7-8-16(12)22-2)23(20,21)19-17(9-10-17)13-3-5-14(18)6-4-13/h3-8,11,19H,9-10H2,1-2H3. The van der Waals surface area contributed by atoms with Gasteiger partial charge in [0.05, 0.1) is 17.5 Å². The molecular formula is C17H18ClNO3S. The number of methoxy groups -OCH3 is 1. The normalized spacial score (nSPS) is 16.1. The Morgan fingerprint density at radius 3 is 2.30 bits per heavy atom. The van der Waals surface area contributed by atoms with E-state index in [0.717, 1.165) is 24.0 Å². The molecule has 0 aromatic heterocycles. The minimum absolute atomic E-state index is 0.246. The van der Waals surface area contributed by atoms with Crippen LogP contribution in [-0.2, 0) is 15.6 Å². The molecule has 1 saturated carbocycles. The predicted octanol–water partition coefficient (Wildman–Crippen LogP) is 3.62. The Labute approximate surface area is 141 Å². The highest BCUT2D eigenvalue weighted by atomic mass is 35.5. The first kappa shape index (κ1) is 16.3. The molecule has 2 aromatic rings. The van der Waals surface area contributed by atoms with E-state index in [1.54, 1.807) is 37.4 Å². The van der Waals surface area contributed by atoms with Crippen LogP contribution in [0.25, 0.3) is 0 Å². The highest BCUT2D eigenvalue weighted by Gasteiger charge is 2.47. The predicted molar refractivity (Wildman–Crippen MR) is 90.4 cm³/mol. The molecule has 0 radical (unpaired) electrons. The van der Waals surface area contributed by atoms with Gasteiger partial charge in [-0.2, -0.15) is 0 Å². The van der Waals surface area contributed by atoms with Gasteiger partial charge in [0, 0.05) is 5.02 Å². The zero-order chi connectivity index (χ0) is 16.7. The van der Waals surface area contributed by atoms with Gasteiger partial charge < -0.3 is 4.74 Å². The second-order valence-corrected chi connectivity index (χ2v) is 7.94. The number of benzene rings is 2. The second kappa shape index (κ2) is 5.82. The van der Waals surface area contributed by atoms with Gasteiger partial charge in [-0.3, -0.25) is 0 Å². The summed E-state index contributed by atoms with van der Waals surface area (Å²) in [6, 6.07) is 12.2. The molecular weight excluding hydrogens is 334 g/mol. The van der Waals surface area contributed by atoms with Crippen molar-refractivity contribution in [2.24, 2.45) is 0 Å². The number of ether oxygens (including phenoxy) is 1. The van der Waals surface area contributed by atoms with Gasteiger partial charge in [-0.15, -0.1) is 0 Å². The first-order valence-corrected chi connectivity index (χ1v) is 9.17. The number of halogens is 1. The van der Waals surface area contributed by atoms with E-state index in [0.29, 0.717) is 10.8 Å².